The minimum atomic E-state index is -1.14. The zero-order valence-corrected chi connectivity index (χ0v) is 17.6. The van der Waals surface area contributed by atoms with Gasteiger partial charge in [-0.3, -0.25) is 9.69 Å². The van der Waals surface area contributed by atoms with Crippen LogP contribution in [-0.2, 0) is 22.3 Å². The first kappa shape index (κ1) is 19.7. The van der Waals surface area contributed by atoms with E-state index in [0.29, 0.717) is 11.1 Å². The van der Waals surface area contributed by atoms with Gasteiger partial charge in [0.2, 0.25) is 0 Å². The highest BCUT2D eigenvalue weighted by atomic mass is 16.2. The molecule has 0 radical (unpaired) electrons. The number of pyridine rings is 1. The van der Waals surface area contributed by atoms with Crippen LogP contribution < -0.4 is 5.32 Å². The molecule has 2 aromatic heterocycles. The molecule has 6 nitrogen and oxygen atoms in total. The standard InChI is InChI=1S/C24H24N4O2/c1-23(2,3)17-8-10-18(11-9-17)24(4)21(29)28(22(30)26-24)15-16-14-27-12-6-5-7-20(27)19(16)13-25/h5-12,14H,15H2,1-4H3,(H,26,30). The van der Waals surface area contributed by atoms with E-state index in [1.54, 1.807) is 13.1 Å². The van der Waals surface area contributed by atoms with Crippen molar-refractivity contribution in [3.8, 4) is 6.07 Å². The topological polar surface area (TPSA) is 77.6 Å². The molecule has 152 valence electrons. The third kappa shape index (κ3) is 3.03. The predicted molar refractivity (Wildman–Crippen MR) is 114 cm³/mol. The average molecular weight is 400 g/mol. The van der Waals surface area contributed by atoms with Crippen molar-refractivity contribution in [1.29, 1.82) is 5.26 Å². The summed E-state index contributed by atoms with van der Waals surface area (Å²) in [5.41, 5.74) is 2.61. The van der Waals surface area contributed by atoms with Crippen molar-refractivity contribution in [2.45, 2.75) is 45.2 Å². The Bertz CT molecular complexity index is 1190. The van der Waals surface area contributed by atoms with Crippen LogP contribution in [0.1, 0.15) is 49.9 Å². The molecule has 0 bridgehead atoms. The molecule has 6 heteroatoms. The lowest BCUT2D eigenvalue weighted by Gasteiger charge is -2.24. The molecule has 1 saturated heterocycles. The highest BCUT2D eigenvalue weighted by molar-refractivity contribution is 6.07. The van der Waals surface area contributed by atoms with Gasteiger partial charge in [-0.15, -0.1) is 0 Å². The summed E-state index contributed by atoms with van der Waals surface area (Å²) >= 11 is 0. The fourth-order valence-electron chi connectivity index (χ4n) is 3.94. The van der Waals surface area contributed by atoms with Gasteiger partial charge in [-0.1, -0.05) is 51.1 Å². The summed E-state index contributed by atoms with van der Waals surface area (Å²) in [7, 11) is 0. The molecule has 3 aromatic rings. The number of fused-ring (bicyclic) bond motifs is 1. The molecule has 1 aromatic carbocycles. The minimum absolute atomic E-state index is 0.000443. The number of amides is 3. The van der Waals surface area contributed by atoms with Crippen molar-refractivity contribution in [1.82, 2.24) is 14.6 Å². The summed E-state index contributed by atoms with van der Waals surface area (Å²) in [5, 5.41) is 12.5. The van der Waals surface area contributed by atoms with Crippen molar-refractivity contribution < 1.29 is 9.59 Å². The van der Waals surface area contributed by atoms with E-state index in [1.165, 1.54) is 4.90 Å². The van der Waals surface area contributed by atoms with Gasteiger partial charge < -0.3 is 9.72 Å². The fraction of sp³-hybridized carbons (Fsp3) is 0.292. The number of hydrogen-bond donors (Lipinski definition) is 1. The number of rotatable bonds is 3. The molecule has 1 atom stereocenters. The fourth-order valence-corrected chi connectivity index (χ4v) is 3.94. The molecule has 1 N–H and O–H groups in total. The normalized spacial score (nSPS) is 19.2. The summed E-state index contributed by atoms with van der Waals surface area (Å²) in [6.07, 6.45) is 3.63. The first-order chi connectivity index (χ1) is 14.1. The second-order valence-electron chi connectivity index (χ2n) is 8.91. The minimum Gasteiger partial charge on any atom is -0.322 e. The quantitative estimate of drug-likeness (QED) is 0.673. The Hall–Kier alpha value is -3.59. The highest BCUT2D eigenvalue weighted by Gasteiger charge is 2.49. The molecular formula is C24H24N4O2. The van der Waals surface area contributed by atoms with Gasteiger partial charge in [-0.25, -0.2) is 4.79 Å². The number of carbonyl (C=O) groups excluding carboxylic acids is 2. The Morgan fingerprint density at radius 1 is 1.10 bits per heavy atom. The van der Waals surface area contributed by atoms with Crippen LogP contribution in [0.4, 0.5) is 4.79 Å². The maximum absolute atomic E-state index is 13.3. The van der Waals surface area contributed by atoms with Crippen LogP contribution >= 0.6 is 0 Å². The van der Waals surface area contributed by atoms with Gasteiger partial charge in [0.25, 0.3) is 5.91 Å². The van der Waals surface area contributed by atoms with Gasteiger partial charge in [0, 0.05) is 18.0 Å². The number of nitrogens with zero attached hydrogens (tertiary/aromatic N) is 3. The van der Waals surface area contributed by atoms with E-state index in [-0.39, 0.29) is 17.9 Å². The molecule has 1 fully saturated rings. The average Bonchev–Trinajstić information content (AvgIpc) is 3.17. The largest absolute Gasteiger partial charge is 0.325 e. The maximum atomic E-state index is 13.3. The molecule has 4 rings (SSSR count). The van der Waals surface area contributed by atoms with Gasteiger partial charge in [-0.05, 0) is 35.6 Å². The van der Waals surface area contributed by atoms with E-state index in [1.807, 2.05) is 53.1 Å². The van der Waals surface area contributed by atoms with Crippen molar-refractivity contribution in [2.75, 3.05) is 0 Å². The summed E-state index contributed by atoms with van der Waals surface area (Å²) in [6, 6.07) is 15.1. The van der Waals surface area contributed by atoms with Gasteiger partial charge in [0.1, 0.15) is 11.6 Å². The molecule has 0 spiro atoms. The molecule has 1 unspecified atom stereocenters. The number of aromatic nitrogens is 1. The van der Waals surface area contributed by atoms with Crippen LogP contribution in [0.3, 0.4) is 0 Å². The van der Waals surface area contributed by atoms with Crippen molar-refractivity contribution in [3.63, 3.8) is 0 Å². The highest BCUT2D eigenvalue weighted by Crippen LogP contribution is 2.32. The molecule has 1 aliphatic heterocycles. The Labute approximate surface area is 175 Å². The van der Waals surface area contributed by atoms with Crippen molar-refractivity contribution in [3.05, 3.63) is 77.1 Å². The molecule has 1 aliphatic rings. The number of hydrogen-bond acceptors (Lipinski definition) is 3. The first-order valence-corrected chi connectivity index (χ1v) is 9.89. The van der Waals surface area contributed by atoms with Gasteiger partial charge in [-0.2, -0.15) is 5.26 Å². The SMILES string of the molecule is CC(C)(C)c1ccc(C2(C)NC(=O)N(Cc3cn4ccccc4c3C#N)C2=O)cc1. The molecule has 3 heterocycles. The van der Waals surface area contributed by atoms with Gasteiger partial charge in [0.05, 0.1) is 17.6 Å². The van der Waals surface area contributed by atoms with E-state index < -0.39 is 11.6 Å². The van der Waals surface area contributed by atoms with E-state index in [4.69, 9.17) is 0 Å². The monoisotopic (exact) mass is 400 g/mol. The van der Waals surface area contributed by atoms with Gasteiger partial charge >= 0.3 is 6.03 Å². The maximum Gasteiger partial charge on any atom is 0.325 e. The smallest absolute Gasteiger partial charge is 0.322 e. The van der Waals surface area contributed by atoms with Crippen LogP contribution in [0.15, 0.2) is 54.9 Å². The summed E-state index contributed by atoms with van der Waals surface area (Å²) in [6.45, 7) is 8.15. The third-order valence-electron chi connectivity index (χ3n) is 5.81. The molecule has 0 saturated carbocycles. The lowest BCUT2D eigenvalue weighted by atomic mass is 9.84. The van der Waals surface area contributed by atoms with Crippen LogP contribution in [0, 0.1) is 11.3 Å². The van der Waals surface area contributed by atoms with E-state index in [2.05, 4.69) is 32.2 Å². The lowest BCUT2D eigenvalue weighted by Crippen LogP contribution is -2.40. The zero-order chi connectivity index (χ0) is 21.7. The number of imide groups is 1. The molecule has 3 amide bonds. The predicted octanol–water partition coefficient (Wildman–Crippen LogP) is 4.08. The second-order valence-corrected chi connectivity index (χ2v) is 8.91. The van der Waals surface area contributed by atoms with Crippen LogP contribution in [0.5, 0.6) is 0 Å². The molecular weight excluding hydrogens is 376 g/mol. The number of nitriles is 1. The van der Waals surface area contributed by atoms with E-state index in [9.17, 15) is 14.9 Å². The van der Waals surface area contributed by atoms with Gasteiger partial charge in [0.15, 0.2) is 0 Å². The third-order valence-corrected chi connectivity index (χ3v) is 5.81. The number of carbonyl (C=O) groups is 2. The van der Waals surface area contributed by atoms with Crippen LogP contribution in [0.2, 0.25) is 0 Å². The Kier molecular flexibility index (Phi) is 4.43. The number of urea groups is 1. The van der Waals surface area contributed by atoms with Crippen molar-refractivity contribution >= 4 is 17.5 Å². The molecule has 0 aliphatic carbocycles. The van der Waals surface area contributed by atoms with Crippen LogP contribution in [-0.4, -0.2) is 21.2 Å². The van der Waals surface area contributed by atoms with Crippen LogP contribution in [0.25, 0.3) is 5.52 Å². The number of nitrogens with one attached hydrogen (secondary N) is 1. The second kappa shape index (κ2) is 6.74. The van der Waals surface area contributed by atoms with E-state index in [0.717, 1.165) is 16.6 Å². The first-order valence-electron chi connectivity index (χ1n) is 9.89. The summed E-state index contributed by atoms with van der Waals surface area (Å²) in [4.78, 5) is 27.2. The Balaban J connectivity index is 1.66. The summed E-state index contributed by atoms with van der Waals surface area (Å²) in [5.74, 6) is -0.324. The Morgan fingerprint density at radius 2 is 1.80 bits per heavy atom. The molecule has 30 heavy (non-hydrogen) atoms. The van der Waals surface area contributed by atoms with Crippen molar-refractivity contribution in [2.24, 2.45) is 0 Å². The summed E-state index contributed by atoms with van der Waals surface area (Å²) < 4.78 is 1.83. The lowest BCUT2D eigenvalue weighted by molar-refractivity contribution is -0.131. The van der Waals surface area contributed by atoms with E-state index >= 15 is 0 Å². The Morgan fingerprint density at radius 3 is 2.43 bits per heavy atom. The zero-order valence-electron chi connectivity index (χ0n) is 17.6. The number of benzene rings is 1.